The highest BCUT2D eigenvalue weighted by Gasteiger charge is 2.09. The van der Waals surface area contributed by atoms with Crippen molar-refractivity contribution in [2.24, 2.45) is 0 Å². The predicted octanol–water partition coefficient (Wildman–Crippen LogP) is 4.01. The molecule has 5 heteroatoms. The van der Waals surface area contributed by atoms with Crippen LogP contribution in [0, 0.1) is 0 Å². The number of aromatic nitrogens is 2. The highest BCUT2D eigenvalue weighted by molar-refractivity contribution is 9.10. The average Bonchev–Trinajstić information content (AvgIpc) is 2.84. The average molecular weight is 298 g/mol. The van der Waals surface area contributed by atoms with Crippen molar-refractivity contribution in [1.82, 2.24) is 9.38 Å². The molecule has 0 aliphatic heterocycles. The topological polar surface area (TPSA) is 30.4 Å². The van der Waals surface area contributed by atoms with Gasteiger partial charge < -0.3 is 4.42 Å². The zero-order valence-corrected chi connectivity index (χ0v) is 10.4. The lowest BCUT2D eigenvalue weighted by molar-refractivity contribution is 0.582. The van der Waals surface area contributed by atoms with Gasteiger partial charge in [0, 0.05) is 6.20 Å². The lowest BCUT2D eigenvalue weighted by Crippen LogP contribution is -1.82. The van der Waals surface area contributed by atoms with Gasteiger partial charge in [0.2, 0.25) is 0 Å². The van der Waals surface area contributed by atoms with Gasteiger partial charge in [-0.05, 0) is 51.8 Å². The fourth-order valence-electron chi connectivity index (χ4n) is 1.55. The number of hydrogen-bond donors (Lipinski definition) is 0. The first-order chi connectivity index (χ1) is 7.74. The van der Waals surface area contributed by atoms with Crippen LogP contribution in [0.4, 0.5) is 0 Å². The Balaban J connectivity index is 2.22. The van der Waals surface area contributed by atoms with E-state index in [1.807, 2.05) is 28.8 Å². The van der Waals surface area contributed by atoms with Crippen LogP contribution in [0.3, 0.4) is 0 Å². The van der Waals surface area contributed by atoms with E-state index in [-0.39, 0.29) is 0 Å². The molecule has 3 nitrogen and oxygen atoms in total. The molecular weight excluding hydrogens is 291 g/mol. The Morgan fingerprint density at radius 1 is 1.25 bits per heavy atom. The van der Waals surface area contributed by atoms with E-state index in [2.05, 4.69) is 20.9 Å². The quantitative estimate of drug-likeness (QED) is 0.635. The van der Waals surface area contributed by atoms with Gasteiger partial charge >= 0.3 is 0 Å². The molecule has 3 aromatic rings. The zero-order valence-electron chi connectivity index (χ0n) is 8.02. The second-order valence-electron chi connectivity index (χ2n) is 3.31. The van der Waals surface area contributed by atoms with Gasteiger partial charge in [0.25, 0.3) is 0 Å². The second-order valence-corrected chi connectivity index (χ2v) is 4.49. The number of furan rings is 1. The van der Waals surface area contributed by atoms with Gasteiger partial charge in [-0.2, -0.15) is 0 Å². The minimum absolute atomic E-state index is 0.367. The standard InChI is InChI=1S/C11H6BrClN2O/c12-9-2-1-3-11-14-7(6-15(9)11)8-4-5-10(13)16-8/h1-6H. The van der Waals surface area contributed by atoms with E-state index in [4.69, 9.17) is 16.0 Å². The summed E-state index contributed by atoms with van der Waals surface area (Å²) < 4.78 is 8.20. The van der Waals surface area contributed by atoms with Crippen molar-refractivity contribution in [3.05, 3.63) is 46.4 Å². The molecule has 0 spiro atoms. The molecule has 80 valence electrons. The molecule has 3 rings (SSSR count). The van der Waals surface area contributed by atoms with Gasteiger partial charge in [-0.25, -0.2) is 4.98 Å². The van der Waals surface area contributed by atoms with E-state index in [0.717, 1.165) is 15.9 Å². The van der Waals surface area contributed by atoms with Crippen molar-refractivity contribution in [2.75, 3.05) is 0 Å². The molecular formula is C11H6BrClN2O. The Bertz CT molecular complexity index is 659. The van der Waals surface area contributed by atoms with Crippen molar-refractivity contribution < 1.29 is 4.42 Å². The molecule has 0 aliphatic rings. The second kappa shape index (κ2) is 3.64. The van der Waals surface area contributed by atoms with Gasteiger partial charge in [0.15, 0.2) is 11.0 Å². The van der Waals surface area contributed by atoms with Crippen LogP contribution in [0.25, 0.3) is 17.1 Å². The monoisotopic (exact) mass is 296 g/mol. The van der Waals surface area contributed by atoms with Crippen LogP contribution in [0.5, 0.6) is 0 Å². The first kappa shape index (κ1) is 9.93. The van der Waals surface area contributed by atoms with Gasteiger partial charge in [-0.15, -0.1) is 0 Å². The molecule has 0 saturated carbocycles. The molecule has 0 aliphatic carbocycles. The summed E-state index contributed by atoms with van der Waals surface area (Å²) in [6.07, 6.45) is 1.90. The number of imidazole rings is 1. The number of fused-ring (bicyclic) bond motifs is 1. The Morgan fingerprint density at radius 2 is 2.12 bits per heavy atom. The zero-order chi connectivity index (χ0) is 11.1. The number of rotatable bonds is 1. The lowest BCUT2D eigenvalue weighted by atomic mass is 10.4. The molecule has 0 aromatic carbocycles. The van der Waals surface area contributed by atoms with Crippen LogP contribution < -0.4 is 0 Å². The molecule has 0 saturated heterocycles. The molecule has 0 amide bonds. The summed E-state index contributed by atoms with van der Waals surface area (Å²) in [5.41, 5.74) is 1.62. The number of nitrogens with zero attached hydrogens (tertiary/aromatic N) is 2. The normalized spacial score (nSPS) is 11.1. The van der Waals surface area contributed by atoms with Gasteiger partial charge in [-0.3, -0.25) is 4.40 Å². The first-order valence-corrected chi connectivity index (χ1v) is 5.80. The molecule has 16 heavy (non-hydrogen) atoms. The summed E-state index contributed by atoms with van der Waals surface area (Å²) in [4.78, 5) is 4.44. The van der Waals surface area contributed by atoms with E-state index in [9.17, 15) is 0 Å². The largest absolute Gasteiger partial charge is 0.443 e. The van der Waals surface area contributed by atoms with Crippen molar-refractivity contribution in [3.63, 3.8) is 0 Å². The van der Waals surface area contributed by atoms with E-state index in [0.29, 0.717) is 11.0 Å². The minimum Gasteiger partial charge on any atom is -0.443 e. The maximum atomic E-state index is 5.73. The minimum atomic E-state index is 0.367. The van der Waals surface area contributed by atoms with Gasteiger partial charge in [0.05, 0.1) is 4.60 Å². The summed E-state index contributed by atoms with van der Waals surface area (Å²) in [5, 5.41) is 0.367. The highest BCUT2D eigenvalue weighted by atomic mass is 79.9. The number of hydrogen-bond acceptors (Lipinski definition) is 2. The van der Waals surface area contributed by atoms with Crippen molar-refractivity contribution in [1.29, 1.82) is 0 Å². The highest BCUT2D eigenvalue weighted by Crippen LogP contribution is 2.25. The molecule has 0 unspecified atom stereocenters. The summed E-state index contributed by atoms with van der Waals surface area (Å²) in [7, 11) is 0. The maximum Gasteiger partial charge on any atom is 0.194 e. The summed E-state index contributed by atoms with van der Waals surface area (Å²) >= 11 is 9.18. The van der Waals surface area contributed by atoms with E-state index < -0.39 is 0 Å². The van der Waals surface area contributed by atoms with E-state index in [1.54, 1.807) is 12.1 Å². The fraction of sp³-hybridized carbons (Fsp3) is 0. The molecule has 0 bridgehead atoms. The Kier molecular flexibility index (Phi) is 2.26. The first-order valence-electron chi connectivity index (χ1n) is 4.63. The molecule has 0 N–H and O–H groups in total. The van der Waals surface area contributed by atoms with Crippen LogP contribution in [0.2, 0.25) is 5.22 Å². The molecule has 0 atom stereocenters. The predicted molar refractivity (Wildman–Crippen MR) is 65.6 cm³/mol. The van der Waals surface area contributed by atoms with Crippen molar-refractivity contribution in [2.45, 2.75) is 0 Å². The Hall–Kier alpha value is -1.26. The van der Waals surface area contributed by atoms with E-state index >= 15 is 0 Å². The van der Waals surface area contributed by atoms with Crippen molar-refractivity contribution >= 4 is 33.2 Å². The van der Waals surface area contributed by atoms with Gasteiger partial charge in [0.1, 0.15) is 11.3 Å². The number of pyridine rings is 1. The number of halogens is 2. The summed E-state index contributed by atoms with van der Waals surface area (Å²) in [5.74, 6) is 0.667. The van der Waals surface area contributed by atoms with Crippen LogP contribution >= 0.6 is 27.5 Å². The third kappa shape index (κ3) is 1.54. The Morgan fingerprint density at radius 3 is 2.81 bits per heavy atom. The summed E-state index contributed by atoms with van der Waals surface area (Å²) in [6, 6.07) is 9.33. The van der Waals surface area contributed by atoms with Crippen LogP contribution in [-0.2, 0) is 0 Å². The maximum absolute atomic E-state index is 5.73. The van der Waals surface area contributed by atoms with E-state index in [1.165, 1.54) is 0 Å². The van der Waals surface area contributed by atoms with Crippen LogP contribution in [0.15, 0.2) is 45.5 Å². The molecule has 0 fully saturated rings. The fourth-order valence-corrected chi connectivity index (χ4v) is 2.13. The third-order valence-corrected chi connectivity index (χ3v) is 3.12. The lowest BCUT2D eigenvalue weighted by Gasteiger charge is -1.93. The van der Waals surface area contributed by atoms with Crippen LogP contribution in [0.1, 0.15) is 0 Å². The third-order valence-electron chi connectivity index (χ3n) is 2.27. The molecule has 0 radical (unpaired) electrons. The SMILES string of the molecule is Clc1ccc(-c2cn3c(Br)cccc3n2)o1. The summed E-state index contributed by atoms with van der Waals surface area (Å²) in [6.45, 7) is 0. The molecule has 3 heterocycles. The Labute approximate surface area is 105 Å². The van der Waals surface area contributed by atoms with Crippen LogP contribution in [-0.4, -0.2) is 9.38 Å². The smallest absolute Gasteiger partial charge is 0.194 e. The van der Waals surface area contributed by atoms with Gasteiger partial charge in [-0.1, -0.05) is 6.07 Å². The molecule has 3 aromatic heterocycles. The van der Waals surface area contributed by atoms with Crippen molar-refractivity contribution in [3.8, 4) is 11.5 Å².